The number of benzene rings is 2. The van der Waals surface area contributed by atoms with Gasteiger partial charge in [-0.1, -0.05) is 36.4 Å². The Balaban J connectivity index is 1.38. The Morgan fingerprint density at radius 1 is 0.963 bits per heavy atom. The number of hydrogen-bond acceptors (Lipinski definition) is 4. The largest absolute Gasteiger partial charge is 0.493 e. The number of aryl methyl sites for hydroxylation is 1. The van der Waals surface area contributed by atoms with Gasteiger partial charge in [0, 0.05) is 26.2 Å². The van der Waals surface area contributed by atoms with Gasteiger partial charge in [0.05, 0.1) is 6.61 Å². The third kappa shape index (κ3) is 6.00. The lowest BCUT2D eigenvalue weighted by Gasteiger charge is -2.21. The van der Waals surface area contributed by atoms with E-state index >= 15 is 0 Å². The van der Waals surface area contributed by atoms with E-state index in [2.05, 4.69) is 17.9 Å². The number of ether oxygens (including phenoxy) is 2. The summed E-state index contributed by atoms with van der Waals surface area (Å²) in [5, 5.41) is 0. The van der Waals surface area contributed by atoms with Crippen LogP contribution in [0.4, 0.5) is 4.79 Å². The molecule has 0 unspecified atom stereocenters. The van der Waals surface area contributed by atoms with E-state index in [0.29, 0.717) is 18.9 Å². The normalized spacial score (nSPS) is 15.2. The molecule has 1 amide bonds. The SMILES string of the molecule is Cc1ccccc1OCCCN1CCCN(C(=O)Oc2ccccc2)CC1. The summed E-state index contributed by atoms with van der Waals surface area (Å²) < 4.78 is 11.3. The maximum atomic E-state index is 12.3. The topological polar surface area (TPSA) is 42.0 Å². The van der Waals surface area contributed by atoms with E-state index in [1.54, 1.807) is 17.0 Å². The van der Waals surface area contributed by atoms with Crippen LogP contribution < -0.4 is 9.47 Å². The minimum atomic E-state index is -0.258. The molecular formula is C22H28N2O3. The fourth-order valence-corrected chi connectivity index (χ4v) is 3.22. The molecular weight excluding hydrogens is 340 g/mol. The van der Waals surface area contributed by atoms with Gasteiger partial charge < -0.3 is 19.3 Å². The molecule has 0 aliphatic carbocycles. The highest BCUT2D eigenvalue weighted by molar-refractivity contribution is 5.70. The van der Waals surface area contributed by atoms with E-state index in [9.17, 15) is 4.79 Å². The number of nitrogens with zero attached hydrogens (tertiary/aromatic N) is 2. The van der Waals surface area contributed by atoms with Crippen molar-refractivity contribution in [1.29, 1.82) is 0 Å². The Bertz CT molecular complexity index is 721. The molecule has 0 aromatic heterocycles. The number of hydrogen-bond donors (Lipinski definition) is 0. The van der Waals surface area contributed by atoms with Crippen LogP contribution in [0.25, 0.3) is 0 Å². The molecule has 1 aliphatic rings. The fraction of sp³-hybridized carbons (Fsp3) is 0.409. The Hall–Kier alpha value is -2.53. The van der Waals surface area contributed by atoms with Crippen molar-refractivity contribution in [1.82, 2.24) is 9.80 Å². The standard InChI is InChI=1S/C22H28N2O3/c1-19-9-5-6-12-21(19)26-18-8-14-23-13-7-15-24(17-16-23)22(25)27-20-10-3-2-4-11-20/h2-6,9-12H,7-8,13-18H2,1H3. The first-order chi connectivity index (χ1) is 13.2. The summed E-state index contributed by atoms with van der Waals surface area (Å²) in [5.74, 6) is 1.56. The second-order valence-corrected chi connectivity index (χ2v) is 6.83. The third-order valence-corrected chi connectivity index (χ3v) is 4.76. The molecule has 1 aliphatic heterocycles. The monoisotopic (exact) mass is 368 g/mol. The van der Waals surface area contributed by atoms with E-state index in [1.165, 1.54) is 5.56 Å². The van der Waals surface area contributed by atoms with Gasteiger partial charge in [-0.3, -0.25) is 0 Å². The molecule has 5 heteroatoms. The van der Waals surface area contributed by atoms with Crippen LogP contribution in [0.3, 0.4) is 0 Å². The molecule has 0 atom stereocenters. The van der Waals surface area contributed by atoms with Crippen LogP contribution in [0.1, 0.15) is 18.4 Å². The molecule has 1 fully saturated rings. The average Bonchev–Trinajstić information content (AvgIpc) is 2.93. The second kappa shape index (κ2) is 9.97. The molecule has 0 spiro atoms. The molecule has 5 nitrogen and oxygen atoms in total. The van der Waals surface area contributed by atoms with Gasteiger partial charge in [-0.15, -0.1) is 0 Å². The summed E-state index contributed by atoms with van der Waals surface area (Å²) in [6.07, 6.45) is 1.68. The van der Waals surface area contributed by atoms with Gasteiger partial charge in [0.25, 0.3) is 0 Å². The number of para-hydroxylation sites is 2. The first-order valence-electron chi connectivity index (χ1n) is 9.65. The van der Waals surface area contributed by atoms with Crippen LogP contribution in [0.2, 0.25) is 0 Å². The van der Waals surface area contributed by atoms with Crippen molar-refractivity contribution in [2.24, 2.45) is 0 Å². The van der Waals surface area contributed by atoms with E-state index in [4.69, 9.17) is 9.47 Å². The zero-order chi connectivity index (χ0) is 18.9. The fourth-order valence-electron chi connectivity index (χ4n) is 3.22. The number of amides is 1. The van der Waals surface area contributed by atoms with Crippen molar-refractivity contribution >= 4 is 6.09 Å². The minimum Gasteiger partial charge on any atom is -0.493 e. The molecule has 1 saturated heterocycles. The molecule has 0 radical (unpaired) electrons. The first kappa shape index (κ1) is 19.2. The number of carbonyl (C=O) groups excluding carboxylic acids is 1. The van der Waals surface area contributed by atoms with Crippen LogP contribution in [0.5, 0.6) is 11.5 Å². The molecule has 2 aromatic rings. The van der Waals surface area contributed by atoms with E-state index in [0.717, 1.165) is 44.8 Å². The summed E-state index contributed by atoms with van der Waals surface area (Å²) in [6.45, 7) is 7.06. The Labute approximate surface area is 161 Å². The quantitative estimate of drug-likeness (QED) is 0.724. The highest BCUT2D eigenvalue weighted by Crippen LogP contribution is 2.16. The maximum absolute atomic E-state index is 12.3. The smallest absolute Gasteiger partial charge is 0.415 e. The molecule has 0 bridgehead atoms. The average molecular weight is 368 g/mol. The summed E-state index contributed by atoms with van der Waals surface area (Å²) in [7, 11) is 0. The summed E-state index contributed by atoms with van der Waals surface area (Å²) >= 11 is 0. The molecule has 27 heavy (non-hydrogen) atoms. The lowest BCUT2D eigenvalue weighted by Crippen LogP contribution is -2.37. The zero-order valence-corrected chi connectivity index (χ0v) is 16.0. The minimum absolute atomic E-state index is 0.258. The van der Waals surface area contributed by atoms with Gasteiger partial charge in [0.15, 0.2) is 0 Å². The molecule has 1 heterocycles. The summed E-state index contributed by atoms with van der Waals surface area (Å²) in [4.78, 5) is 16.5. The molecule has 144 valence electrons. The van der Waals surface area contributed by atoms with Crippen molar-refractivity contribution in [2.75, 3.05) is 39.3 Å². The Morgan fingerprint density at radius 2 is 1.74 bits per heavy atom. The zero-order valence-electron chi connectivity index (χ0n) is 16.0. The maximum Gasteiger partial charge on any atom is 0.415 e. The Kier molecular flexibility index (Phi) is 7.11. The molecule has 2 aromatic carbocycles. The lowest BCUT2D eigenvalue weighted by atomic mass is 10.2. The van der Waals surface area contributed by atoms with E-state index < -0.39 is 0 Å². The Morgan fingerprint density at radius 3 is 2.56 bits per heavy atom. The van der Waals surface area contributed by atoms with Gasteiger partial charge in [0.1, 0.15) is 11.5 Å². The molecule has 3 rings (SSSR count). The lowest BCUT2D eigenvalue weighted by molar-refractivity contribution is 0.153. The van der Waals surface area contributed by atoms with Crippen molar-refractivity contribution in [3.63, 3.8) is 0 Å². The molecule has 0 saturated carbocycles. The van der Waals surface area contributed by atoms with Gasteiger partial charge in [0.2, 0.25) is 0 Å². The van der Waals surface area contributed by atoms with Crippen molar-refractivity contribution < 1.29 is 14.3 Å². The van der Waals surface area contributed by atoms with Crippen LogP contribution >= 0.6 is 0 Å². The second-order valence-electron chi connectivity index (χ2n) is 6.83. The van der Waals surface area contributed by atoms with Crippen LogP contribution in [-0.4, -0.2) is 55.2 Å². The number of carbonyl (C=O) groups is 1. The number of rotatable bonds is 6. The van der Waals surface area contributed by atoms with Crippen LogP contribution in [-0.2, 0) is 0 Å². The third-order valence-electron chi connectivity index (χ3n) is 4.76. The summed E-state index contributed by atoms with van der Waals surface area (Å²) in [6, 6.07) is 17.3. The van der Waals surface area contributed by atoms with Crippen molar-refractivity contribution in [3.8, 4) is 11.5 Å². The van der Waals surface area contributed by atoms with Crippen LogP contribution in [0, 0.1) is 6.92 Å². The highest BCUT2D eigenvalue weighted by atomic mass is 16.6. The van der Waals surface area contributed by atoms with Gasteiger partial charge in [-0.25, -0.2) is 4.79 Å². The van der Waals surface area contributed by atoms with E-state index in [-0.39, 0.29) is 6.09 Å². The summed E-state index contributed by atoms with van der Waals surface area (Å²) in [5.41, 5.74) is 1.17. The van der Waals surface area contributed by atoms with Crippen LogP contribution in [0.15, 0.2) is 54.6 Å². The van der Waals surface area contributed by atoms with Gasteiger partial charge in [-0.2, -0.15) is 0 Å². The van der Waals surface area contributed by atoms with E-state index in [1.807, 2.05) is 36.4 Å². The predicted molar refractivity (Wildman–Crippen MR) is 106 cm³/mol. The van der Waals surface area contributed by atoms with Crippen molar-refractivity contribution in [2.45, 2.75) is 19.8 Å². The van der Waals surface area contributed by atoms with Gasteiger partial charge >= 0.3 is 6.09 Å². The molecule has 0 N–H and O–H groups in total. The van der Waals surface area contributed by atoms with Gasteiger partial charge in [-0.05, 0) is 50.1 Å². The first-order valence-corrected chi connectivity index (χ1v) is 9.65. The predicted octanol–water partition coefficient (Wildman–Crippen LogP) is 3.97. The highest BCUT2D eigenvalue weighted by Gasteiger charge is 2.20. The van der Waals surface area contributed by atoms with Crippen molar-refractivity contribution in [3.05, 3.63) is 60.2 Å².